The third-order valence-electron chi connectivity index (χ3n) is 3.57. The molecule has 1 aromatic carbocycles. The van der Waals surface area contributed by atoms with E-state index in [4.69, 9.17) is 0 Å². The van der Waals surface area contributed by atoms with E-state index in [1.54, 1.807) is 0 Å². The third kappa shape index (κ3) is 1.98. The van der Waals surface area contributed by atoms with Gasteiger partial charge in [-0.2, -0.15) is 0 Å². The average Bonchev–Trinajstić information content (AvgIpc) is 2.83. The summed E-state index contributed by atoms with van der Waals surface area (Å²) in [5.41, 5.74) is 3.90. The lowest BCUT2D eigenvalue weighted by Crippen LogP contribution is -2.33. The quantitative estimate of drug-likeness (QED) is 0.855. The Kier molecular flexibility index (Phi) is 2.69. The molecule has 2 heterocycles. The molecule has 3 rings (SSSR count). The van der Waals surface area contributed by atoms with E-state index < -0.39 is 0 Å². The third-order valence-corrected chi connectivity index (χ3v) is 3.57. The number of fused-ring (bicyclic) bond motifs is 1. The molecule has 88 valence electrons. The summed E-state index contributed by atoms with van der Waals surface area (Å²) in [6, 6.07) is 11.0. The fourth-order valence-corrected chi connectivity index (χ4v) is 2.55. The Hall–Kier alpha value is -1.61. The zero-order valence-corrected chi connectivity index (χ0v) is 10.1. The van der Waals surface area contributed by atoms with Crippen LogP contribution in [0.25, 0.3) is 0 Å². The molecular weight excluding hydrogens is 210 g/mol. The zero-order chi connectivity index (χ0) is 11.7. The van der Waals surface area contributed by atoms with Gasteiger partial charge in [-0.3, -0.25) is 4.90 Å². The summed E-state index contributed by atoms with van der Waals surface area (Å²) in [7, 11) is 0. The van der Waals surface area contributed by atoms with Crippen molar-refractivity contribution < 1.29 is 0 Å². The first-order valence-corrected chi connectivity index (χ1v) is 6.14. The molecule has 1 atom stereocenters. The molecule has 1 aliphatic rings. The predicted molar refractivity (Wildman–Crippen MR) is 67.6 cm³/mol. The van der Waals surface area contributed by atoms with Crippen molar-refractivity contribution in [1.82, 2.24) is 14.9 Å². The summed E-state index contributed by atoms with van der Waals surface area (Å²) in [6.07, 6.45) is 2.89. The van der Waals surface area contributed by atoms with Crippen LogP contribution >= 0.6 is 0 Å². The van der Waals surface area contributed by atoms with Crippen molar-refractivity contribution in [3.05, 3.63) is 53.6 Å². The summed E-state index contributed by atoms with van der Waals surface area (Å²) in [6.45, 7) is 4.35. The fourth-order valence-electron chi connectivity index (χ4n) is 2.55. The van der Waals surface area contributed by atoms with E-state index in [0.29, 0.717) is 6.04 Å². The Morgan fingerprint density at radius 2 is 2.18 bits per heavy atom. The second kappa shape index (κ2) is 4.34. The van der Waals surface area contributed by atoms with Crippen LogP contribution in [0.1, 0.15) is 29.9 Å². The minimum Gasteiger partial charge on any atom is -0.348 e. The number of imidazole rings is 1. The molecule has 3 nitrogen and oxygen atoms in total. The van der Waals surface area contributed by atoms with E-state index in [2.05, 4.69) is 52.1 Å². The van der Waals surface area contributed by atoms with Crippen LogP contribution in [0.15, 0.2) is 36.7 Å². The molecule has 0 spiro atoms. The Morgan fingerprint density at radius 1 is 1.35 bits per heavy atom. The van der Waals surface area contributed by atoms with Gasteiger partial charge in [0, 0.05) is 25.2 Å². The largest absolute Gasteiger partial charge is 0.348 e. The maximum absolute atomic E-state index is 4.43. The van der Waals surface area contributed by atoms with Gasteiger partial charge in [0.1, 0.15) is 0 Å². The number of rotatable bonds is 2. The number of aromatic amines is 1. The van der Waals surface area contributed by atoms with Crippen molar-refractivity contribution in [2.45, 2.75) is 25.9 Å². The molecule has 1 aliphatic heterocycles. The molecular formula is C14H17N3. The lowest BCUT2D eigenvalue weighted by atomic mass is 10.0. The smallest absolute Gasteiger partial charge is 0.0925 e. The van der Waals surface area contributed by atoms with E-state index in [9.17, 15) is 0 Å². The van der Waals surface area contributed by atoms with E-state index >= 15 is 0 Å². The number of hydrogen-bond acceptors (Lipinski definition) is 2. The average molecular weight is 227 g/mol. The molecule has 0 amide bonds. The highest BCUT2D eigenvalue weighted by Gasteiger charge is 2.25. The first-order valence-electron chi connectivity index (χ1n) is 6.14. The topological polar surface area (TPSA) is 31.9 Å². The summed E-state index contributed by atoms with van der Waals surface area (Å²) >= 11 is 0. The zero-order valence-electron chi connectivity index (χ0n) is 10.1. The van der Waals surface area contributed by atoms with Crippen LogP contribution in [-0.4, -0.2) is 21.4 Å². The number of nitrogens with zero attached hydrogens (tertiary/aromatic N) is 2. The van der Waals surface area contributed by atoms with Crippen molar-refractivity contribution in [3.8, 4) is 0 Å². The highest BCUT2D eigenvalue weighted by Crippen LogP contribution is 2.27. The van der Waals surface area contributed by atoms with Crippen LogP contribution < -0.4 is 0 Å². The van der Waals surface area contributed by atoms with Crippen LogP contribution in [0.2, 0.25) is 0 Å². The van der Waals surface area contributed by atoms with Crippen LogP contribution in [0.5, 0.6) is 0 Å². The maximum atomic E-state index is 4.43. The molecule has 1 aromatic heterocycles. The van der Waals surface area contributed by atoms with Gasteiger partial charge in [-0.1, -0.05) is 30.3 Å². The Bertz CT molecular complexity index is 489. The Balaban J connectivity index is 1.78. The molecule has 17 heavy (non-hydrogen) atoms. The minimum atomic E-state index is 0.408. The summed E-state index contributed by atoms with van der Waals surface area (Å²) < 4.78 is 0. The highest BCUT2D eigenvalue weighted by molar-refractivity contribution is 5.20. The van der Waals surface area contributed by atoms with E-state index in [1.165, 1.54) is 17.0 Å². The van der Waals surface area contributed by atoms with Crippen LogP contribution in [0, 0.1) is 0 Å². The second-order valence-corrected chi connectivity index (χ2v) is 4.65. The number of aromatic nitrogens is 2. The molecule has 2 aromatic rings. The predicted octanol–water partition coefficient (Wildman–Crippen LogP) is 2.53. The van der Waals surface area contributed by atoms with Crippen molar-refractivity contribution >= 4 is 0 Å². The van der Waals surface area contributed by atoms with Crippen LogP contribution in [-0.2, 0) is 13.0 Å². The van der Waals surface area contributed by atoms with Gasteiger partial charge in [-0.15, -0.1) is 0 Å². The standard InChI is InChI=1S/C14H17N3/c1-11-14-13(15-10-16-14)7-8-17(11)9-12-5-3-2-4-6-12/h2-6,10-11H,7-9H2,1H3,(H,15,16). The van der Waals surface area contributed by atoms with E-state index in [-0.39, 0.29) is 0 Å². The van der Waals surface area contributed by atoms with Crippen molar-refractivity contribution in [2.75, 3.05) is 6.54 Å². The van der Waals surface area contributed by atoms with Crippen molar-refractivity contribution in [3.63, 3.8) is 0 Å². The van der Waals surface area contributed by atoms with Gasteiger partial charge in [0.2, 0.25) is 0 Å². The van der Waals surface area contributed by atoms with Gasteiger partial charge in [0.15, 0.2) is 0 Å². The lowest BCUT2D eigenvalue weighted by Gasteiger charge is -2.32. The van der Waals surface area contributed by atoms with Gasteiger partial charge in [0.25, 0.3) is 0 Å². The molecule has 0 fully saturated rings. The van der Waals surface area contributed by atoms with Gasteiger partial charge in [0.05, 0.1) is 18.1 Å². The first kappa shape index (κ1) is 10.5. The molecule has 1 unspecified atom stereocenters. The van der Waals surface area contributed by atoms with Crippen LogP contribution in [0.4, 0.5) is 0 Å². The van der Waals surface area contributed by atoms with Crippen molar-refractivity contribution in [2.24, 2.45) is 0 Å². The Morgan fingerprint density at radius 3 is 3.00 bits per heavy atom. The van der Waals surface area contributed by atoms with E-state index in [1.807, 2.05) is 6.33 Å². The molecule has 0 saturated heterocycles. The SMILES string of the molecule is CC1c2nc[nH]c2CCN1Cc1ccccc1. The first-order chi connectivity index (χ1) is 8.34. The lowest BCUT2D eigenvalue weighted by molar-refractivity contribution is 0.185. The number of H-pyrrole nitrogens is 1. The summed E-state index contributed by atoms with van der Waals surface area (Å²) in [5.74, 6) is 0. The molecule has 0 bridgehead atoms. The second-order valence-electron chi connectivity index (χ2n) is 4.65. The van der Waals surface area contributed by atoms with E-state index in [0.717, 1.165) is 19.5 Å². The number of hydrogen-bond donors (Lipinski definition) is 1. The van der Waals surface area contributed by atoms with Crippen LogP contribution in [0.3, 0.4) is 0 Å². The van der Waals surface area contributed by atoms with Gasteiger partial charge in [-0.05, 0) is 12.5 Å². The Labute approximate surface area is 101 Å². The summed E-state index contributed by atoms with van der Waals surface area (Å²) in [4.78, 5) is 10.2. The van der Waals surface area contributed by atoms with Gasteiger partial charge >= 0.3 is 0 Å². The van der Waals surface area contributed by atoms with Gasteiger partial charge < -0.3 is 4.98 Å². The fraction of sp³-hybridized carbons (Fsp3) is 0.357. The molecule has 0 aliphatic carbocycles. The number of nitrogens with one attached hydrogen (secondary N) is 1. The monoisotopic (exact) mass is 227 g/mol. The summed E-state index contributed by atoms with van der Waals surface area (Å²) in [5, 5.41) is 0. The maximum Gasteiger partial charge on any atom is 0.0925 e. The highest BCUT2D eigenvalue weighted by atomic mass is 15.2. The molecule has 1 N–H and O–H groups in total. The molecule has 3 heteroatoms. The normalized spacial score (nSPS) is 20.2. The molecule has 0 saturated carbocycles. The number of benzene rings is 1. The van der Waals surface area contributed by atoms with Gasteiger partial charge in [-0.25, -0.2) is 4.98 Å². The van der Waals surface area contributed by atoms with Crippen molar-refractivity contribution in [1.29, 1.82) is 0 Å². The minimum absolute atomic E-state index is 0.408. The molecule has 0 radical (unpaired) electrons.